The van der Waals surface area contributed by atoms with Crippen LogP contribution in [-0.4, -0.2) is 18.3 Å². The molecule has 0 bridgehead atoms. The lowest BCUT2D eigenvalue weighted by Crippen LogP contribution is -2.07. The van der Waals surface area contributed by atoms with Gasteiger partial charge >= 0.3 is 0 Å². The predicted octanol–water partition coefficient (Wildman–Crippen LogP) is 0.582. The van der Waals surface area contributed by atoms with Gasteiger partial charge in [-0.3, -0.25) is 4.79 Å². The van der Waals surface area contributed by atoms with Crippen molar-refractivity contribution in [1.29, 1.82) is 0 Å². The van der Waals surface area contributed by atoms with Crippen LogP contribution in [0.2, 0.25) is 0 Å². The Morgan fingerprint density at radius 2 is 2.27 bits per heavy atom. The highest BCUT2D eigenvalue weighted by Gasteiger charge is 2.70. The van der Waals surface area contributed by atoms with Crippen molar-refractivity contribution < 1.29 is 13.6 Å². The van der Waals surface area contributed by atoms with Gasteiger partial charge in [-0.15, -0.1) is 0 Å². The van der Waals surface area contributed by atoms with E-state index in [1.165, 1.54) is 0 Å². The first-order valence-electron chi connectivity index (χ1n) is 3.29. The van der Waals surface area contributed by atoms with Crippen LogP contribution in [0.15, 0.2) is 12.7 Å². The van der Waals surface area contributed by atoms with Crippen molar-refractivity contribution >= 4 is 5.78 Å². The molecule has 1 fully saturated rings. The van der Waals surface area contributed by atoms with Crippen molar-refractivity contribution in [3.63, 3.8) is 0 Å². The minimum atomic E-state index is -2.89. The Kier molecular flexibility index (Phi) is 1.80. The molecule has 4 heteroatoms. The molecule has 0 aromatic heterocycles. The number of rotatable bonds is 3. The van der Waals surface area contributed by atoms with Gasteiger partial charge in [0.05, 0.1) is 11.8 Å². The Morgan fingerprint density at radius 1 is 1.73 bits per heavy atom. The summed E-state index contributed by atoms with van der Waals surface area (Å²) >= 11 is 0. The smallest absolute Gasteiger partial charge is 0.263 e. The van der Waals surface area contributed by atoms with E-state index in [-0.39, 0.29) is 6.54 Å². The molecule has 1 saturated carbocycles. The molecule has 0 amide bonds. The number of ketones is 1. The first kappa shape index (κ1) is 8.33. The summed E-state index contributed by atoms with van der Waals surface area (Å²) in [6.45, 7) is 2.99. The fraction of sp³-hybridized carbons (Fsp3) is 0.571. The van der Waals surface area contributed by atoms with Gasteiger partial charge in [0.2, 0.25) is 0 Å². The third-order valence-electron chi connectivity index (χ3n) is 1.96. The normalized spacial score (nSPS) is 33.0. The second kappa shape index (κ2) is 2.37. The zero-order valence-corrected chi connectivity index (χ0v) is 5.89. The molecule has 2 N–H and O–H groups in total. The van der Waals surface area contributed by atoms with Gasteiger partial charge in [-0.05, 0) is 6.08 Å². The Labute approximate surface area is 63.1 Å². The third kappa shape index (κ3) is 1.07. The molecule has 62 valence electrons. The maximum atomic E-state index is 12.5. The number of carbonyl (C=O) groups excluding carboxylic acids is 1. The highest BCUT2D eigenvalue weighted by atomic mass is 19.3. The standard InChI is InChI=1S/C7H9F2NO/c1-2-5(11)6-4(3-10)7(6,8)9/h2,4,6H,1,3,10H2/t4-,6-/m1/s1. The molecule has 11 heavy (non-hydrogen) atoms. The van der Waals surface area contributed by atoms with Gasteiger partial charge in [-0.2, -0.15) is 0 Å². The van der Waals surface area contributed by atoms with Crippen LogP contribution >= 0.6 is 0 Å². The highest BCUT2D eigenvalue weighted by Crippen LogP contribution is 2.55. The molecule has 0 unspecified atom stereocenters. The molecule has 0 radical (unpaired) electrons. The average molecular weight is 161 g/mol. The molecule has 1 rings (SSSR count). The Bertz CT molecular complexity index is 203. The lowest BCUT2D eigenvalue weighted by atomic mass is 10.2. The number of halogens is 2. The fourth-order valence-corrected chi connectivity index (χ4v) is 1.20. The number of nitrogens with two attached hydrogens (primary N) is 1. The van der Waals surface area contributed by atoms with Gasteiger partial charge in [-0.25, -0.2) is 8.78 Å². The molecule has 0 saturated heterocycles. The maximum absolute atomic E-state index is 12.5. The molecule has 0 aromatic carbocycles. The van der Waals surface area contributed by atoms with Gasteiger partial charge < -0.3 is 5.73 Å². The molecule has 2 nitrogen and oxygen atoms in total. The van der Waals surface area contributed by atoms with Crippen LogP contribution in [0.4, 0.5) is 8.78 Å². The summed E-state index contributed by atoms with van der Waals surface area (Å²) < 4.78 is 25.1. The molecule has 0 spiro atoms. The summed E-state index contributed by atoms with van der Waals surface area (Å²) in [6, 6.07) is 0. The predicted molar refractivity (Wildman–Crippen MR) is 36.2 cm³/mol. The molecular weight excluding hydrogens is 152 g/mol. The molecule has 1 aliphatic carbocycles. The molecule has 0 heterocycles. The topological polar surface area (TPSA) is 43.1 Å². The van der Waals surface area contributed by atoms with Crippen molar-refractivity contribution in [2.75, 3.05) is 6.54 Å². The Hall–Kier alpha value is -0.770. The summed E-state index contributed by atoms with van der Waals surface area (Å²) in [5.41, 5.74) is 5.03. The summed E-state index contributed by atoms with van der Waals surface area (Å²) in [7, 11) is 0. The van der Waals surface area contributed by atoms with Crippen LogP contribution in [-0.2, 0) is 4.79 Å². The summed E-state index contributed by atoms with van der Waals surface area (Å²) in [6.07, 6.45) is 0.925. The lowest BCUT2D eigenvalue weighted by Gasteiger charge is -1.88. The second-order valence-electron chi connectivity index (χ2n) is 2.60. The minimum Gasteiger partial charge on any atom is -0.330 e. The SMILES string of the molecule is C=CC(=O)[C@H]1[C@@H](CN)C1(F)F. The van der Waals surface area contributed by atoms with E-state index in [0.717, 1.165) is 6.08 Å². The van der Waals surface area contributed by atoms with E-state index in [0.29, 0.717) is 0 Å². The van der Waals surface area contributed by atoms with E-state index >= 15 is 0 Å². The van der Waals surface area contributed by atoms with Crippen molar-refractivity contribution in [3.05, 3.63) is 12.7 Å². The van der Waals surface area contributed by atoms with Crippen LogP contribution in [0.25, 0.3) is 0 Å². The van der Waals surface area contributed by atoms with Gasteiger partial charge in [0.25, 0.3) is 5.92 Å². The van der Waals surface area contributed by atoms with Crippen LogP contribution < -0.4 is 5.73 Å². The van der Waals surface area contributed by atoms with Gasteiger partial charge in [-0.1, -0.05) is 6.58 Å². The van der Waals surface area contributed by atoms with Crippen molar-refractivity contribution in [2.24, 2.45) is 17.6 Å². The Balaban J connectivity index is 2.65. The molecule has 2 atom stereocenters. The van der Waals surface area contributed by atoms with Gasteiger partial charge in [0, 0.05) is 6.54 Å². The number of hydrogen-bond donors (Lipinski definition) is 1. The minimum absolute atomic E-state index is 0.142. The number of hydrogen-bond acceptors (Lipinski definition) is 2. The van der Waals surface area contributed by atoms with Crippen LogP contribution in [0, 0.1) is 11.8 Å². The van der Waals surface area contributed by atoms with Gasteiger partial charge in [0.1, 0.15) is 0 Å². The quantitative estimate of drug-likeness (QED) is 0.615. The average Bonchev–Trinajstić information content (AvgIpc) is 2.51. The summed E-state index contributed by atoms with van der Waals surface area (Å²) in [5, 5.41) is 0. The van der Waals surface area contributed by atoms with Gasteiger partial charge in [0.15, 0.2) is 5.78 Å². The van der Waals surface area contributed by atoms with Crippen LogP contribution in [0.1, 0.15) is 0 Å². The molecular formula is C7H9F2NO. The van der Waals surface area contributed by atoms with E-state index in [2.05, 4.69) is 6.58 Å². The summed E-state index contributed by atoms with van der Waals surface area (Å²) in [4.78, 5) is 10.7. The maximum Gasteiger partial charge on any atom is 0.263 e. The number of carbonyl (C=O) groups is 1. The molecule has 0 aromatic rings. The zero-order valence-electron chi connectivity index (χ0n) is 5.89. The van der Waals surface area contributed by atoms with E-state index in [1.807, 2.05) is 0 Å². The summed E-state index contributed by atoms with van der Waals surface area (Å²) in [5.74, 6) is -5.66. The first-order chi connectivity index (χ1) is 5.05. The fourth-order valence-electron chi connectivity index (χ4n) is 1.20. The molecule has 1 aliphatic rings. The van der Waals surface area contributed by atoms with Crippen molar-refractivity contribution in [1.82, 2.24) is 0 Å². The molecule has 0 aliphatic heterocycles. The third-order valence-corrected chi connectivity index (χ3v) is 1.96. The highest BCUT2D eigenvalue weighted by molar-refractivity contribution is 5.94. The van der Waals surface area contributed by atoms with E-state index in [9.17, 15) is 13.6 Å². The first-order valence-corrected chi connectivity index (χ1v) is 3.29. The number of allylic oxidation sites excluding steroid dienone is 1. The second-order valence-corrected chi connectivity index (χ2v) is 2.60. The zero-order chi connectivity index (χ0) is 8.65. The van der Waals surface area contributed by atoms with Crippen molar-refractivity contribution in [2.45, 2.75) is 5.92 Å². The van der Waals surface area contributed by atoms with E-state index < -0.39 is 23.5 Å². The Morgan fingerprint density at radius 3 is 2.55 bits per heavy atom. The number of alkyl halides is 2. The van der Waals surface area contributed by atoms with Crippen LogP contribution in [0.3, 0.4) is 0 Å². The van der Waals surface area contributed by atoms with Crippen molar-refractivity contribution in [3.8, 4) is 0 Å². The van der Waals surface area contributed by atoms with Crippen LogP contribution in [0.5, 0.6) is 0 Å². The van der Waals surface area contributed by atoms with E-state index in [1.54, 1.807) is 0 Å². The largest absolute Gasteiger partial charge is 0.330 e. The van der Waals surface area contributed by atoms with E-state index in [4.69, 9.17) is 5.73 Å². The lowest BCUT2D eigenvalue weighted by molar-refractivity contribution is -0.117. The monoisotopic (exact) mass is 161 g/mol.